The minimum Gasteiger partial charge on any atom is -0.452 e. The predicted octanol–water partition coefficient (Wildman–Crippen LogP) is 3.28. The van der Waals surface area contributed by atoms with Crippen molar-refractivity contribution in [1.82, 2.24) is 0 Å². The van der Waals surface area contributed by atoms with Gasteiger partial charge in [-0.25, -0.2) is 4.39 Å². The molecule has 0 radical (unpaired) electrons. The van der Waals surface area contributed by atoms with Gasteiger partial charge in [-0.3, -0.25) is 9.59 Å². The number of halogens is 1. The van der Waals surface area contributed by atoms with Crippen molar-refractivity contribution in [2.24, 2.45) is 0 Å². The zero-order chi connectivity index (χ0) is 18.0. The van der Waals surface area contributed by atoms with Crippen LogP contribution >= 0.6 is 0 Å². The van der Waals surface area contributed by atoms with Crippen LogP contribution in [0.1, 0.15) is 25.0 Å². The van der Waals surface area contributed by atoms with E-state index in [4.69, 9.17) is 4.74 Å². The van der Waals surface area contributed by atoms with E-state index in [0.717, 1.165) is 17.7 Å². The molecule has 3 rings (SSSR count). The Morgan fingerprint density at radius 1 is 1.20 bits per heavy atom. The second kappa shape index (κ2) is 7.05. The Kier molecular flexibility index (Phi) is 4.83. The Labute approximate surface area is 146 Å². The molecule has 2 aromatic rings. The number of benzene rings is 2. The van der Waals surface area contributed by atoms with Crippen LogP contribution in [0.5, 0.6) is 0 Å². The maximum Gasteiger partial charge on any atom is 0.311 e. The standard InChI is InChI=1S/C20H20FNO3/c1-13-11-16-5-3-4-6-18(16)22(13)20(24)14(2)25-19(23)12-15-7-9-17(21)10-8-15/h3-10,13-14H,11-12H2,1-2H3/t13-,14+/m0/s1. The van der Waals surface area contributed by atoms with Crippen LogP contribution in [0.4, 0.5) is 10.1 Å². The van der Waals surface area contributed by atoms with E-state index in [9.17, 15) is 14.0 Å². The van der Waals surface area contributed by atoms with Gasteiger partial charge in [0.25, 0.3) is 5.91 Å². The molecule has 1 heterocycles. The summed E-state index contributed by atoms with van der Waals surface area (Å²) < 4.78 is 18.2. The topological polar surface area (TPSA) is 46.6 Å². The molecule has 0 spiro atoms. The van der Waals surface area contributed by atoms with Gasteiger partial charge in [0.1, 0.15) is 5.82 Å². The smallest absolute Gasteiger partial charge is 0.311 e. The first-order chi connectivity index (χ1) is 12.0. The van der Waals surface area contributed by atoms with E-state index in [1.165, 1.54) is 24.3 Å². The number of esters is 1. The molecule has 0 bridgehead atoms. The predicted molar refractivity (Wildman–Crippen MR) is 92.8 cm³/mol. The van der Waals surface area contributed by atoms with Gasteiger partial charge in [0.15, 0.2) is 6.10 Å². The van der Waals surface area contributed by atoms with Gasteiger partial charge < -0.3 is 9.64 Å². The molecule has 0 saturated carbocycles. The van der Waals surface area contributed by atoms with Crippen LogP contribution in [0.15, 0.2) is 48.5 Å². The van der Waals surface area contributed by atoms with E-state index >= 15 is 0 Å². The highest BCUT2D eigenvalue weighted by molar-refractivity contribution is 5.99. The first-order valence-corrected chi connectivity index (χ1v) is 8.30. The molecule has 1 amide bonds. The Morgan fingerprint density at radius 2 is 1.88 bits per heavy atom. The van der Waals surface area contributed by atoms with E-state index in [0.29, 0.717) is 5.56 Å². The average Bonchev–Trinajstić information content (AvgIpc) is 2.91. The number of anilines is 1. The second-order valence-corrected chi connectivity index (χ2v) is 6.33. The average molecular weight is 341 g/mol. The van der Waals surface area contributed by atoms with Crippen molar-refractivity contribution in [3.05, 3.63) is 65.5 Å². The summed E-state index contributed by atoms with van der Waals surface area (Å²) in [6.07, 6.45) is -0.0797. The molecule has 4 nitrogen and oxygen atoms in total. The van der Waals surface area contributed by atoms with Crippen molar-refractivity contribution in [3.8, 4) is 0 Å². The summed E-state index contributed by atoms with van der Waals surface area (Å²) in [7, 11) is 0. The van der Waals surface area contributed by atoms with E-state index in [-0.39, 0.29) is 24.2 Å². The molecule has 2 atom stereocenters. The molecule has 25 heavy (non-hydrogen) atoms. The maximum atomic E-state index is 12.9. The van der Waals surface area contributed by atoms with E-state index in [1.807, 2.05) is 31.2 Å². The van der Waals surface area contributed by atoms with Crippen molar-refractivity contribution < 1.29 is 18.7 Å². The number of rotatable bonds is 4. The molecule has 5 heteroatoms. The van der Waals surface area contributed by atoms with Gasteiger partial charge in [-0.1, -0.05) is 30.3 Å². The lowest BCUT2D eigenvalue weighted by Crippen LogP contribution is -2.43. The Hall–Kier alpha value is -2.69. The SMILES string of the molecule is C[C@@H](OC(=O)Cc1ccc(F)cc1)C(=O)N1c2ccccc2C[C@@H]1C. The zero-order valence-electron chi connectivity index (χ0n) is 14.2. The normalized spacial score (nSPS) is 17.1. The molecule has 0 N–H and O–H groups in total. The number of hydrogen-bond acceptors (Lipinski definition) is 3. The molecule has 130 valence electrons. The van der Waals surface area contributed by atoms with Crippen molar-refractivity contribution >= 4 is 17.6 Å². The van der Waals surface area contributed by atoms with Gasteiger partial charge in [-0.05, 0) is 49.6 Å². The summed E-state index contributed by atoms with van der Waals surface area (Å²) in [6.45, 7) is 3.56. The number of hydrogen-bond donors (Lipinski definition) is 0. The monoisotopic (exact) mass is 341 g/mol. The summed E-state index contributed by atoms with van der Waals surface area (Å²) in [6, 6.07) is 13.4. The fourth-order valence-electron chi connectivity index (χ4n) is 3.16. The molecular formula is C20H20FNO3. The summed E-state index contributed by atoms with van der Waals surface area (Å²) in [5, 5.41) is 0. The van der Waals surface area contributed by atoms with Gasteiger partial charge in [0.2, 0.25) is 0 Å². The van der Waals surface area contributed by atoms with E-state index in [2.05, 4.69) is 0 Å². The van der Waals surface area contributed by atoms with Crippen LogP contribution in [0.2, 0.25) is 0 Å². The maximum absolute atomic E-state index is 12.9. The lowest BCUT2D eigenvalue weighted by molar-refractivity contribution is -0.153. The highest BCUT2D eigenvalue weighted by Gasteiger charge is 2.34. The molecule has 0 fully saturated rings. The van der Waals surface area contributed by atoms with E-state index in [1.54, 1.807) is 11.8 Å². The number of ether oxygens (including phenoxy) is 1. The van der Waals surface area contributed by atoms with Crippen molar-refractivity contribution in [2.75, 3.05) is 4.90 Å². The van der Waals surface area contributed by atoms with Gasteiger partial charge in [-0.2, -0.15) is 0 Å². The summed E-state index contributed by atoms with van der Waals surface area (Å²) in [5.41, 5.74) is 2.64. The number of nitrogens with zero attached hydrogens (tertiary/aromatic N) is 1. The van der Waals surface area contributed by atoms with Gasteiger partial charge >= 0.3 is 5.97 Å². The number of amides is 1. The Bertz CT molecular complexity index is 788. The lowest BCUT2D eigenvalue weighted by Gasteiger charge is -2.26. The first kappa shape index (κ1) is 17.1. The van der Waals surface area contributed by atoms with Crippen molar-refractivity contribution in [1.29, 1.82) is 0 Å². The van der Waals surface area contributed by atoms with Crippen LogP contribution in [0.3, 0.4) is 0 Å². The molecule has 0 unspecified atom stereocenters. The van der Waals surface area contributed by atoms with Crippen LogP contribution in [0.25, 0.3) is 0 Å². The van der Waals surface area contributed by atoms with Crippen molar-refractivity contribution in [3.63, 3.8) is 0 Å². The Morgan fingerprint density at radius 3 is 2.60 bits per heavy atom. The zero-order valence-corrected chi connectivity index (χ0v) is 14.2. The molecule has 0 aliphatic carbocycles. The van der Waals surface area contributed by atoms with Gasteiger partial charge in [-0.15, -0.1) is 0 Å². The van der Waals surface area contributed by atoms with Crippen LogP contribution in [-0.2, 0) is 27.2 Å². The third-order valence-electron chi connectivity index (χ3n) is 4.36. The summed E-state index contributed by atoms with van der Waals surface area (Å²) >= 11 is 0. The highest BCUT2D eigenvalue weighted by Crippen LogP contribution is 2.32. The third kappa shape index (κ3) is 3.71. The highest BCUT2D eigenvalue weighted by atomic mass is 19.1. The molecular weight excluding hydrogens is 321 g/mol. The molecule has 0 aromatic heterocycles. The third-order valence-corrected chi connectivity index (χ3v) is 4.36. The van der Waals surface area contributed by atoms with Crippen molar-refractivity contribution in [2.45, 2.75) is 38.8 Å². The van der Waals surface area contributed by atoms with Crippen LogP contribution in [0, 0.1) is 5.82 Å². The molecule has 1 aliphatic rings. The number of carbonyl (C=O) groups excluding carboxylic acids is 2. The second-order valence-electron chi connectivity index (χ2n) is 6.33. The Balaban J connectivity index is 1.64. The number of carbonyl (C=O) groups is 2. The van der Waals surface area contributed by atoms with Crippen LogP contribution in [-0.4, -0.2) is 24.0 Å². The summed E-state index contributed by atoms with van der Waals surface area (Å²) in [4.78, 5) is 26.5. The minimum absolute atomic E-state index is 0.00401. The quantitative estimate of drug-likeness (QED) is 0.802. The minimum atomic E-state index is -0.874. The summed E-state index contributed by atoms with van der Waals surface area (Å²) in [5.74, 6) is -1.10. The van der Waals surface area contributed by atoms with Gasteiger partial charge in [0, 0.05) is 11.7 Å². The van der Waals surface area contributed by atoms with Crippen LogP contribution < -0.4 is 4.90 Å². The fourth-order valence-corrected chi connectivity index (χ4v) is 3.16. The lowest BCUT2D eigenvalue weighted by atomic mass is 10.1. The molecule has 0 saturated heterocycles. The number of para-hydroxylation sites is 1. The molecule has 1 aliphatic heterocycles. The first-order valence-electron chi connectivity index (χ1n) is 8.30. The largest absolute Gasteiger partial charge is 0.452 e. The molecule has 2 aromatic carbocycles. The van der Waals surface area contributed by atoms with E-state index < -0.39 is 12.1 Å². The van der Waals surface area contributed by atoms with Gasteiger partial charge in [0.05, 0.1) is 6.42 Å². The number of fused-ring (bicyclic) bond motifs is 1. The fraction of sp³-hybridized carbons (Fsp3) is 0.300.